The van der Waals surface area contributed by atoms with E-state index in [1.165, 1.54) is 11.8 Å². The zero-order valence-corrected chi connectivity index (χ0v) is 7.97. The summed E-state index contributed by atoms with van der Waals surface area (Å²) in [6, 6.07) is 7.63. The highest BCUT2D eigenvalue weighted by Crippen LogP contribution is 2.24. The number of aliphatic hydroxyl groups is 1. The molecule has 1 rings (SSSR count). The number of hydrogen-bond acceptors (Lipinski definition) is 3. The highest BCUT2D eigenvalue weighted by molar-refractivity contribution is 7.99. The Kier molecular flexibility index (Phi) is 3.44. The van der Waals surface area contributed by atoms with E-state index in [0.717, 1.165) is 10.6 Å². The average Bonchev–Trinajstić information content (AvgIpc) is 2.03. The molecule has 0 aliphatic heterocycles. The van der Waals surface area contributed by atoms with E-state index in [9.17, 15) is 0 Å². The van der Waals surface area contributed by atoms with Crippen LogP contribution in [0, 0.1) is 0 Å². The molecule has 0 aliphatic carbocycles. The predicted molar refractivity (Wildman–Crippen MR) is 50.5 cm³/mol. The maximum atomic E-state index is 9.09. The third kappa shape index (κ3) is 2.75. The van der Waals surface area contributed by atoms with Crippen molar-refractivity contribution in [2.75, 3.05) is 7.11 Å². The number of thioether (sulfide) groups is 1. The Labute approximate surface area is 76.6 Å². The van der Waals surface area contributed by atoms with Gasteiger partial charge in [-0.2, -0.15) is 0 Å². The fraction of sp³-hybridized carbons (Fsp3) is 0.333. The van der Waals surface area contributed by atoms with Crippen LogP contribution in [0.4, 0.5) is 0 Å². The lowest BCUT2D eigenvalue weighted by Crippen LogP contribution is -1.91. The van der Waals surface area contributed by atoms with E-state index in [-0.39, 0.29) is 5.44 Å². The van der Waals surface area contributed by atoms with Gasteiger partial charge in [-0.05, 0) is 25.1 Å². The largest absolute Gasteiger partial charge is 0.497 e. The van der Waals surface area contributed by atoms with Crippen LogP contribution < -0.4 is 4.74 Å². The Morgan fingerprint density at radius 1 is 1.50 bits per heavy atom. The molecule has 1 aromatic carbocycles. The van der Waals surface area contributed by atoms with Crippen molar-refractivity contribution < 1.29 is 9.84 Å². The van der Waals surface area contributed by atoms with Crippen molar-refractivity contribution in [2.45, 2.75) is 17.3 Å². The van der Waals surface area contributed by atoms with E-state index in [4.69, 9.17) is 9.84 Å². The molecule has 0 aromatic heterocycles. The first kappa shape index (κ1) is 9.42. The third-order valence-electron chi connectivity index (χ3n) is 1.35. The zero-order valence-electron chi connectivity index (χ0n) is 7.15. The van der Waals surface area contributed by atoms with Gasteiger partial charge in [-0.3, -0.25) is 0 Å². The van der Waals surface area contributed by atoms with Crippen molar-refractivity contribution in [1.29, 1.82) is 0 Å². The lowest BCUT2D eigenvalue weighted by atomic mass is 10.3. The normalized spacial score (nSPS) is 12.6. The van der Waals surface area contributed by atoms with E-state index in [2.05, 4.69) is 0 Å². The predicted octanol–water partition coefficient (Wildman–Crippen LogP) is 2.13. The standard InChI is InChI=1S/C9H12O2S/c1-7(10)12-9-5-3-4-8(6-9)11-2/h3-7,10H,1-2H3. The van der Waals surface area contributed by atoms with E-state index in [1.807, 2.05) is 24.3 Å². The Bertz CT molecular complexity index is 248. The van der Waals surface area contributed by atoms with E-state index >= 15 is 0 Å². The molecule has 0 saturated heterocycles. The topological polar surface area (TPSA) is 29.5 Å². The minimum atomic E-state index is -0.378. The van der Waals surface area contributed by atoms with Crippen LogP contribution >= 0.6 is 11.8 Å². The van der Waals surface area contributed by atoms with Crippen LogP contribution in [0.5, 0.6) is 5.75 Å². The minimum absolute atomic E-state index is 0.378. The van der Waals surface area contributed by atoms with Crippen molar-refractivity contribution in [1.82, 2.24) is 0 Å². The van der Waals surface area contributed by atoms with Gasteiger partial charge < -0.3 is 9.84 Å². The monoisotopic (exact) mass is 184 g/mol. The molecular formula is C9H12O2S. The summed E-state index contributed by atoms with van der Waals surface area (Å²) in [6.07, 6.45) is 0. The second-order valence-corrected chi connectivity index (χ2v) is 3.79. The Morgan fingerprint density at radius 3 is 2.83 bits per heavy atom. The van der Waals surface area contributed by atoms with Crippen molar-refractivity contribution in [3.8, 4) is 5.75 Å². The molecule has 0 heterocycles. The van der Waals surface area contributed by atoms with Crippen molar-refractivity contribution in [3.05, 3.63) is 24.3 Å². The quantitative estimate of drug-likeness (QED) is 0.576. The maximum absolute atomic E-state index is 9.09. The van der Waals surface area contributed by atoms with Crippen LogP contribution in [0.3, 0.4) is 0 Å². The zero-order chi connectivity index (χ0) is 8.97. The van der Waals surface area contributed by atoms with E-state index in [1.54, 1.807) is 14.0 Å². The first-order chi connectivity index (χ1) is 5.72. The number of methoxy groups -OCH3 is 1. The fourth-order valence-electron chi connectivity index (χ4n) is 0.871. The maximum Gasteiger partial charge on any atom is 0.119 e. The van der Waals surface area contributed by atoms with Gasteiger partial charge in [-0.1, -0.05) is 17.8 Å². The van der Waals surface area contributed by atoms with Crippen molar-refractivity contribution in [3.63, 3.8) is 0 Å². The lowest BCUT2D eigenvalue weighted by molar-refractivity contribution is 0.284. The smallest absolute Gasteiger partial charge is 0.119 e. The average molecular weight is 184 g/mol. The van der Waals surface area contributed by atoms with Crippen LogP contribution in [-0.4, -0.2) is 17.7 Å². The summed E-state index contributed by atoms with van der Waals surface area (Å²) >= 11 is 1.40. The first-order valence-corrected chi connectivity index (χ1v) is 4.59. The molecule has 1 N–H and O–H groups in total. The molecule has 0 aliphatic rings. The summed E-state index contributed by atoms with van der Waals surface area (Å²) in [5, 5.41) is 9.09. The molecule has 1 unspecified atom stereocenters. The van der Waals surface area contributed by atoms with Crippen LogP contribution in [0.15, 0.2) is 29.2 Å². The van der Waals surface area contributed by atoms with Gasteiger partial charge in [0.25, 0.3) is 0 Å². The SMILES string of the molecule is COc1cccc(SC(C)O)c1. The summed E-state index contributed by atoms with van der Waals surface area (Å²) in [6.45, 7) is 1.74. The first-order valence-electron chi connectivity index (χ1n) is 3.71. The molecule has 0 amide bonds. The molecule has 66 valence electrons. The summed E-state index contributed by atoms with van der Waals surface area (Å²) in [4.78, 5) is 1.02. The van der Waals surface area contributed by atoms with Gasteiger partial charge in [0, 0.05) is 4.90 Å². The molecule has 0 spiro atoms. The molecule has 1 aromatic rings. The van der Waals surface area contributed by atoms with Crippen molar-refractivity contribution >= 4 is 11.8 Å². The van der Waals surface area contributed by atoms with Gasteiger partial charge in [-0.25, -0.2) is 0 Å². The number of aliphatic hydroxyl groups excluding tert-OH is 1. The second kappa shape index (κ2) is 4.38. The number of hydrogen-bond donors (Lipinski definition) is 1. The van der Waals surface area contributed by atoms with E-state index < -0.39 is 0 Å². The van der Waals surface area contributed by atoms with Gasteiger partial charge in [0.1, 0.15) is 11.2 Å². The third-order valence-corrected chi connectivity index (χ3v) is 2.22. The van der Waals surface area contributed by atoms with Gasteiger partial charge >= 0.3 is 0 Å². The van der Waals surface area contributed by atoms with E-state index in [0.29, 0.717) is 0 Å². The Morgan fingerprint density at radius 2 is 2.25 bits per heavy atom. The number of rotatable bonds is 3. The summed E-state index contributed by atoms with van der Waals surface area (Å²) < 4.78 is 5.04. The molecule has 3 heteroatoms. The molecule has 1 atom stereocenters. The second-order valence-electron chi connectivity index (χ2n) is 2.40. The van der Waals surface area contributed by atoms with Crippen LogP contribution in [0.25, 0.3) is 0 Å². The van der Waals surface area contributed by atoms with Gasteiger partial charge in [-0.15, -0.1) is 0 Å². The van der Waals surface area contributed by atoms with Crippen LogP contribution in [0.2, 0.25) is 0 Å². The fourth-order valence-corrected chi connectivity index (χ4v) is 1.61. The highest BCUT2D eigenvalue weighted by Gasteiger charge is 1.99. The molecule has 2 nitrogen and oxygen atoms in total. The van der Waals surface area contributed by atoms with Crippen LogP contribution in [-0.2, 0) is 0 Å². The highest BCUT2D eigenvalue weighted by atomic mass is 32.2. The Balaban J connectivity index is 2.72. The summed E-state index contributed by atoms with van der Waals surface area (Å²) in [5.41, 5.74) is -0.378. The number of benzene rings is 1. The Hall–Kier alpha value is -0.670. The molecule has 0 radical (unpaired) electrons. The number of ether oxygens (including phenoxy) is 1. The molecule has 12 heavy (non-hydrogen) atoms. The molecule has 0 bridgehead atoms. The minimum Gasteiger partial charge on any atom is -0.497 e. The summed E-state index contributed by atoms with van der Waals surface area (Å²) in [5.74, 6) is 0.820. The molecule has 0 fully saturated rings. The van der Waals surface area contributed by atoms with Gasteiger partial charge in [0.05, 0.1) is 7.11 Å². The lowest BCUT2D eigenvalue weighted by Gasteiger charge is -2.05. The summed E-state index contributed by atoms with van der Waals surface area (Å²) in [7, 11) is 1.63. The molecule has 0 saturated carbocycles. The van der Waals surface area contributed by atoms with Crippen LogP contribution in [0.1, 0.15) is 6.92 Å². The molecular weight excluding hydrogens is 172 g/mol. The van der Waals surface area contributed by atoms with Crippen molar-refractivity contribution in [2.24, 2.45) is 0 Å². The van der Waals surface area contributed by atoms with Gasteiger partial charge in [0.15, 0.2) is 0 Å². The van der Waals surface area contributed by atoms with Gasteiger partial charge in [0.2, 0.25) is 0 Å².